The molecule has 1 aliphatic carbocycles. The Kier molecular flexibility index (Phi) is 8.58. The molecule has 1 aromatic carbocycles. The number of esters is 2. The Balaban J connectivity index is 2.32. The van der Waals surface area contributed by atoms with Crippen molar-refractivity contribution in [3.63, 3.8) is 0 Å². The zero-order valence-electron chi connectivity index (χ0n) is 16.7. The average Bonchev–Trinajstić information content (AvgIpc) is 2.69. The number of carbonyl (C=O) groups excluding carboxylic acids is 4. The molecule has 29 heavy (non-hydrogen) atoms. The van der Waals surface area contributed by atoms with Gasteiger partial charge in [0, 0.05) is 29.0 Å². The smallest absolute Gasteiger partial charge is 0.311 e. The summed E-state index contributed by atoms with van der Waals surface area (Å²) in [6.45, 7) is 3.99. The Hall–Kier alpha value is -2.47. The summed E-state index contributed by atoms with van der Waals surface area (Å²) in [6.07, 6.45) is 4.90. The fourth-order valence-corrected chi connectivity index (χ4v) is 3.08. The van der Waals surface area contributed by atoms with Gasteiger partial charge in [0.15, 0.2) is 0 Å². The average molecular weight is 421 g/mol. The quantitative estimate of drug-likeness (QED) is 0.383. The molecule has 0 N–H and O–H groups in total. The van der Waals surface area contributed by atoms with Crippen LogP contribution in [0.15, 0.2) is 29.7 Å². The van der Waals surface area contributed by atoms with Crippen LogP contribution in [-0.4, -0.2) is 23.5 Å². The minimum Gasteiger partial charge on any atom is -0.418 e. The normalized spacial score (nSPS) is 13.3. The maximum Gasteiger partial charge on any atom is 0.311 e. The fourth-order valence-electron chi connectivity index (χ4n) is 2.91. The van der Waals surface area contributed by atoms with E-state index in [2.05, 4.69) is 0 Å². The van der Waals surface area contributed by atoms with Crippen molar-refractivity contribution >= 4 is 35.1 Å². The second-order valence-corrected chi connectivity index (χ2v) is 7.31. The fraction of sp³-hybridized carbons (Fsp3) is 0.455. The largest absolute Gasteiger partial charge is 0.418 e. The number of Topliss-reactive ketones (excluding diaryl/α,β-unsaturated/α-hetero) is 2. The number of allylic oxidation sites excluding steroid dienone is 2. The molecular formula is C22H25ClO6. The van der Waals surface area contributed by atoms with Crippen molar-refractivity contribution in [1.29, 1.82) is 0 Å². The van der Waals surface area contributed by atoms with Crippen LogP contribution in [0.5, 0.6) is 0 Å². The first-order chi connectivity index (χ1) is 13.9. The van der Waals surface area contributed by atoms with Crippen molar-refractivity contribution in [2.75, 3.05) is 0 Å². The highest BCUT2D eigenvalue weighted by molar-refractivity contribution is 6.32. The molecule has 0 radical (unpaired) electrons. The van der Waals surface area contributed by atoms with Crippen LogP contribution in [0.2, 0.25) is 5.02 Å². The van der Waals surface area contributed by atoms with Gasteiger partial charge in [-0.25, -0.2) is 0 Å². The Labute approximate surface area is 175 Å². The first-order valence-electron chi connectivity index (χ1n) is 9.93. The molecule has 156 valence electrons. The van der Waals surface area contributed by atoms with Gasteiger partial charge >= 0.3 is 11.9 Å². The lowest BCUT2D eigenvalue weighted by Crippen LogP contribution is -2.27. The SMILES string of the molecule is CCCCCC(=O)OC1=C(OC(=O)CCCCC)C(=O)c2cc(Cl)ccc2C1=O. The van der Waals surface area contributed by atoms with Gasteiger partial charge in [0.25, 0.3) is 0 Å². The summed E-state index contributed by atoms with van der Waals surface area (Å²) in [7, 11) is 0. The van der Waals surface area contributed by atoms with E-state index in [9.17, 15) is 19.2 Å². The molecule has 0 saturated heterocycles. The van der Waals surface area contributed by atoms with Crippen LogP contribution in [0.3, 0.4) is 0 Å². The van der Waals surface area contributed by atoms with Gasteiger partial charge in [-0.2, -0.15) is 0 Å². The summed E-state index contributed by atoms with van der Waals surface area (Å²) >= 11 is 5.95. The van der Waals surface area contributed by atoms with E-state index in [0.717, 1.165) is 25.7 Å². The summed E-state index contributed by atoms with van der Waals surface area (Å²) in [6, 6.07) is 4.19. The predicted octanol–water partition coefficient (Wildman–Crippen LogP) is 5.18. The Bertz CT molecular complexity index is 840. The van der Waals surface area contributed by atoms with Gasteiger partial charge in [0.2, 0.25) is 23.1 Å². The molecule has 0 aromatic heterocycles. The summed E-state index contributed by atoms with van der Waals surface area (Å²) < 4.78 is 10.4. The Morgan fingerprint density at radius 3 is 1.76 bits per heavy atom. The third-order valence-corrected chi connectivity index (χ3v) is 4.73. The molecule has 0 atom stereocenters. The number of hydrogen-bond donors (Lipinski definition) is 0. The molecule has 0 bridgehead atoms. The van der Waals surface area contributed by atoms with Crippen LogP contribution in [0.25, 0.3) is 0 Å². The van der Waals surface area contributed by atoms with Crippen molar-refractivity contribution in [3.05, 3.63) is 45.9 Å². The van der Waals surface area contributed by atoms with E-state index in [-0.39, 0.29) is 29.0 Å². The molecule has 0 aliphatic heterocycles. The Morgan fingerprint density at radius 1 is 0.793 bits per heavy atom. The number of ether oxygens (including phenoxy) is 2. The van der Waals surface area contributed by atoms with Crippen LogP contribution in [-0.2, 0) is 19.1 Å². The van der Waals surface area contributed by atoms with Crippen LogP contribution in [0, 0.1) is 0 Å². The highest BCUT2D eigenvalue weighted by atomic mass is 35.5. The molecule has 1 aliphatic rings. The maximum absolute atomic E-state index is 12.9. The van der Waals surface area contributed by atoms with E-state index in [1.807, 2.05) is 13.8 Å². The highest BCUT2D eigenvalue weighted by Gasteiger charge is 2.37. The molecular weight excluding hydrogens is 396 g/mol. The molecule has 0 unspecified atom stereocenters. The predicted molar refractivity (Wildman–Crippen MR) is 108 cm³/mol. The number of halogens is 1. The van der Waals surface area contributed by atoms with E-state index < -0.39 is 35.0 Å². The first kappa shape index (κ1) is 22.8. The van der Waals surface area contributed by atoms with Gasteiger partial charge in [-0.3, -0.25) is 19.2 Å². The number of unbranched alkanes of at least 4 members (excludes halogenated alkanes) is 4. The van der Waals surface area contributed by atoms with Crippen molar-refractivity contribution in [3.8, 4) is 0 Å². The second kappa shape index (κ2) is 10.9. The minimum atomic E-state index is -0.706. The monoisotopic (exact) mass is 420 g/mol. The summed E-state index contributed by atoms with van der Waals surface area (Å²) in [5.74, 6) is -3.77. The molecule has 1 aromatic rings. The topological polar surface area (TPSA) is 86.7 Å². The van der Waals surface area contributed by atoms with Crippen molar-refractivity contribution in [2.45, 2.75) is 65.2 Å². The van der Waals surface area contributed by atoms with Gasteiger partial charge in [-0.1, -0.05) is 51.1 Å². The zero-order chi connectivity index (χ0) is 21.4. The van der Waals surface area contributed by atoms with Gasteiger partial charge in [-0.05, 0) is 31.0 Å². The van der Waals surface area contributed by atoms with Gasteiger partial charge in [0.1, 0.15) is 0 Å². The van der Waals surface area contributed by atoms with Gasteiger partial charge in [-0.15, -0.1) is 0 Å². The maximum atomic E-state index is 12.9. The molecule has 0 fully saturated rings. The molecule has 6 nitrogen and oxygen atoms in total. The van der Waals surface area contributed by atoms with Crippen LogP contribution in [0.1, 0.15) is 85.9 Å². The standard InChI is InChI=1S/C22H25ClO6/c1-3-5-7-9-17(24)28-21-19(26)15-12-11-14(23)13-16(15)20(27)22(21)29-18(25)10-8-6-4-2/h11-13H,3-10H2,1-2H3. The third-order valence-electron chi connectivity index (χ3n) is 4.49. The molecule has 0 heterocycles. The Morgan fingerprint density at radius 2 is 1.28 bits per heavy atom. The molecule has 7 heteroatoms. The van der Waals surface area contributed by atoms with E-state index in [4.69, 9.17) is 21.1 Å². The van der Waals surface area contributed by atoms with Crippen LogP contribution < -0.4 is 0 Å². The van der Waals surface area contributed by atoms with E-state index in [1.54, 1.807) is 0 Å². The number of rotatable bonds is 10. The van der Waals surface area contributed by atoms with Crippen molar-refractivity contribution in [1.82, 2.24) is 0 Å². The number of hydrogen-bond acceptors (Lipinski definition) is 6. The number of benzene rings is 1. The van der Waals surface area contributed by atoms with Crippen LogP contribution in [0.4, 0.5) is 0 Å². The number of carbonyl (C=O) groups is 4. The van der Waals surface area contributed by atoms with Crippen LogP contribution >= 0.6 is 11.6 Å². The van der Waals surface area contributed by atoms with Crippen molar-refractivity contribution < 1.29 is 28.7 Å². The molecule has 0 amide bonds. The summed E-state index contributed by atoms with van der Waals surface area (Å²) in [5, 5.41) is 0.263. The van der Waals surface area contributed by atoms with E-state index in [1.165, 1.54) is 18.2 Å². The zero-order valence-corrected chi connectivity index (χ0v) is 17.5. The lowest BCUT2D eigenvalue weighted by molar-refractivity contribution is -0.143. The van der Waals surface area contributed by atoms with E-state index in [0.29, 0.717) is 12.8 Å². The highest BCUT2D eigenvalue weighted by Crippen LogP contribution is 2.30. The van der Waals surface area contributed by atoms with E-state index >= 15 is 0 Å². The number of fused-ring (bicyclic) bond motifs is 1. The van der Waals surface area contributed by atoms with Gasteiger partial charge < -0.3 is 9.47 Å². The lowest BCUT2D eigenvalue weighted by atomic mass is 9.92. The molecule has 0 spiro atoms. The number of ketones is 2. The second-order valence-electron chi connectivity index (χ2n) is 6.87. The molecule has 2 rings (SSSR count). The van der Waals surface area contributed by atoms with Gasteiger partial charge in [0.05, 0.1) is 0 Å². The van der Waals surface area contributed by atoms with Crippen molar-refractivity contribution in [2.24, 2.45) is 0 Å². The minimum absolute atomic E-state index is 0.0182. The first-order valence-corrected chi connectivity index (χ1v) is 10.3. The summed E-state index contributed by atoms with van der Waals surface area (Å²) in [5.41, 5.74) is 0.0752. The third kappa shape index (κ3) is 6.00. The molecule has 0 saturated carbocycles. The lowest BCUT2D eigenvalue weighted by Gasteiger charge is -2.20. The summed E-state index contributed by atoms with van der Waals surface area (Å²) in [4.78, 5) is 50.1.